The zero-order valence-corrected chi connectivity index (χ0v) is 20.3. The number of hydrogen-bond donors (Lipinski definition) is 2. The van der Waals surface area contributed by atoms with Gasteiger partial charge in [0.05, 0.1) is 11.8 Å². The Kier molecular flexibility index (Phi) is 8.30. The van der Waals surface area contributed by atoms with Crippen LogP contribution in [0.25, 0.3) is 0 Å². The van der Waals surface area contributed by atoms with E-state index < -0.39 is 0 Å². The van der Waals surface area contributed by atoms with Gasteiger partial charge in [-0.2, -0.15) is 0 Å². The molecule has 1 atom stereocenters. The molecule has 0 bridgehead atoms. The van der Waals surface area contributed by atoms with E-state index in [1.165, 1.54) is 11.8 Å². The molecule has 3 aromatic rings. The van der Waals surface area contributed by atoms with E-state index >= 15 is 0 Å². The maximum atomic E-state index is 12.7. The van der Waals surface area contributed by atoms with Crippen molar-refractivity contribution in [2.75, 3.05) is 11.1 Å². The fourth-order valence-corrected chi connectivity index (χ4v) is 4.18. The summed E-state index contributed by atoms with van der Waals surface area (Å²) in [5, 5.41) is 15.5. The number of anilines is 1. The van der Waals surface area contributed by atoms with Gasteiger partial charge in [-0.15, -0.1) is 16.8 Å². The minimum atomic E-state index is -0.387. The van der Waals surface area contributed by atoms with Gasteiger partial charge in [0.25, 0.3) is 5.91 Å². The number of hydrogen-bond acceptors (Lipinski definition) is 5. The predicted molar refractivity (Wildman–Crippen MR) is 133 cm³/mol. The number of aryl methyl sites for hydroxylation is 1. The quantitative estimate of drug-likeness (QED) is 0.332. The molecule has 3 rings (SSSR count). The van der Waals surface area contributed by atoms with Crippen molar-refractivity contribution < 1.29 is 9.59 Å². The molecule has 0 spiro atoms. The third-order valence-electron chi connectivity index (χ3n) is 5.06. The lowest BCUT2D eigenvalue weighted by molar-refractivity contribution is -0.113. The van der Waals surface area contributed by atoms with Gasteiger partial charge in [-0.25, -0.2) is 0 Å². The van der Waals surface area contributed by atoms with E-state index in [0.29, 0.717) is 33.8 Å². The van der Waals surface area contributed by atoms with E-state index in [1.54, 1.807) is 30.3 Å². The Morgan fingerprint density at radius 3 is 2.67 bits per heavy atom. The fourth-order valence-electron chi connectivity index (χ4n) is 3.25. The number of benzene rings is 2. The molecule has 2 amide bonds. The number of thioether (sulfide) groups is 1. The molecule has 0 aliphatic heterocycles. The highest BCUT2D eigenvalue weighted by atomic mass is 35.5. The number of halogens is 1. The molecule has 0 fully saturated rings. The summed E-state index contributed by atoms with van der Waals surface area (Å²) in [6.45, 7) is 9.85. The first-order valence-corrected chi connectivity index (χ1v) is 11.8. The summed E-state index contributed by atoms with van der Waals surface area (Å²) in [7, 11) is 0. The Hall–Kier alpha value is -3.10. The summed E-state index contributed by atoms with van der Waals surface area (Å²) < 4.78 is 1.85. The third-order valence-corrected chi connectivity index (χ3v) is 6.43. The van der Waals surface area contributed by atoms with Crippen LogP contribution in [0, 0.1) is 13.8 Å². The topological polar surface area (TPSA) is 88.9 Å². The number of allylic oxidation sites excluding steroid dienone is 1. The van der Waals surface area contributed by atoms with E-state index in [9.17, 15) is 9.59 Å². The van der Waals surface area contributed by atoms with Crippen LogP contribution in [0.4, 0.5) is 5.69 Å². The molecule has 0 aliphatic carbocycles. The summed E-state index contributed by atoms with van der Waals surface area (Å²) in [5.74, 6) is 0.371. The van der Waals surface area contributed by atoms with Crippen LogP contribution in [-0.4, -0.2) is 32.3 Å². The van der Waals surface area contributed by atoms with E-state index in [-0.39, 0.29) is 23.6 Å². The Bertz CT molecular complexity index is 1180. The van der Waals surface area contributed by atoms with Crippen LogP contribution in [0.5, 0.6) is 0 Å². The highest BCUT2D eigenvalue weighted by Crippen LogP contribution is 2.25. The summed E-state index contributed by atoms with van der Waals surface area (Å²) in [5.41, 5.74) is 3.00. The summed E-state index contributed by atoms with van der Waals surface area (Å²) in [6, 6.07) is 12.4. The average molecular weight is 484 g/mol. The number of carbonyl (C=O) groups is 2. The molecule has 0 aliphatic rings. The van der Waals surface area contributed by atoms with Crippen LogP contribution in [0.2, 0.25) is 5.02 Å². The molecule has 7 nitrogen and oxygen atoms in total. The number of aromatic nitrogens is 3. The highest BCUT2D eigenvalue weighted by Gasteiger charge is 2.21. The van der Waals surface area contributed by atoms with E-state index in [4.69, 9.17) is 11.6 Å². The lowest BCUT2D eigenvalue weighted by Crippen LogP contribution is -2.29. The number of amides is 2. The molecular weight excluding hydrogens is 458 g/mol. The molecule has 172 valence electrons. The van der Waals surface area contributed by atoms with Crippen molar-refractivity contribution in [1.29, 1.82) is 0 Å². The standard InChI is InChI=1S/C24H26ClN5O2S/c1-5-13-30-22(17(4)26-23(32)18-10-7-6-9-15(18)2)28-29-24(30)33-14-21(31)27-20-12-8-11-19(25)16(20)3/h5-12,17H,1,13-14H2,2-4H3,(H,26,32)(H,27,31). The average Bonchev–Trinajstić information content (AvgIpc) is 3.18. The van der Waals surface area contributed by atoms with Crippen LogP contribution in [-0.2, 0) is 11.3 Å². The molecule has 1 unspecified atom stereocenters. The summed E-state index contributed by atoms with van der Waals surface area (Å²) in [4.78, 5) is 25.2. The normalized spacial score (nSPS) is 11.6. The van der Waals surface area contributed by atoms with Gasteiger partial charge >= 0.3 is 0 Å². The molecule has 0 radical (unpaired) electrons. The van der Waals surface area contributed by atoms with Gasteiger partial charge < -0.3 is 15.2 Å². The largest absolute Gasteiger partial charge is 0.342 e. The molecular formula is C24H26ClN5O2S. The van der Waals surface area contributed by atoms with Gasteiger partial charge in [0.2, 0.25) is 5.91 Å². The molecule has 9 heteroatoms. The van der Waals surface area contributed by atoms with E-state index in [0.717, 1.165) is 11.1 Å². The molecule has 1 heterocycles. The monoisotopic (exact) mass is 483 g/mol. The molecule has 0 saturated carbocycles. The number of nitrogens with zero attached hydrogens (tertiary/aromatic N) is 3. The minimum Gasteiger partial charge on any atom is -0.342 e. The lowest BCUT2D eigenvalue weighted by atomic mass is 10.1. The van der Waals surface area contributed by atoms with Gasteiger partial charge in [0.15, 0.2) is 11.0 Å². The van der Waals surface area contributed by atoms with Crippen LogP contribution in [0.15, 0.2) is 60.3 Å². The zero-order chi connectivity index (χ0) is 24.0. The Labute approximate surface area is 202 Å². The van der Waals surface area contributed by atoms with Crippen molar-refractivity contribution in [1.82, 2.24) is 20.1 Å². The first kappa shape index (κ1) is 24.5. The van der Waals surface area contributed by atoms with Crippen LogP contribution in [0.3, 0.4) is 0 Å². The SMILES string of the molecule is C=CCn1c(SCC(=O)Nc2cccc(Cl)c2C)nnc1C(C)NC(=O)c1ccccc1C. The van der Waals surface area contributed by atoms with Gasteiger partial charge in [0.1, 0.15) is 0 Å². The third kappa shape index (κ3) is 6.03. The minimum absolute atomic E-state index is 0.144. The lowest BCUT2D eigenvalue weighted by Gasteiger charge is -2.16. The Balaban J connectivity index is 1.69. The van der Waals surface area contributed by atoms with Crippen molar-refractivity contribution >= 4 is 40.9 Å². The van der Waals surface area contributed by atoms with Crippen LogP contribution >= 0.6 is 23.4 Å². The van der Waals surface area contributed by atoms with Gasteiger partial charge in [-0.05, 0) is 50.1 Å². The maximum Gasteiger partial charge on any atom is 0.252 e. The fraction of sp³-hybridized carbons (Fsp3) is 0.250. The Morgan fingerprint density at radius 1 is 1.18 bits per heavy atom. The van der Waals surface area contributed by atoms with Crippen molar-refractivity contribution in [3.63, 3.8) is 0 Å². The maximum absolute atomic E-state index is 12.7. The first-order chi connectivity index (χ1) is 15.8. The van der Waals surface area contributed by atoms with Gasteiger partial charge in [-0.1, -0.05) is 53.7 Å². The van der Waals surface area contributed by atoms with Crippen molar-refractivity contribution in [3.05, 3.63) is 82.7 Å². The first-order valence-electron chi connectivity index (χ1n) is 10.4. The molecule has 33 heavy (non-hydrogen) atoms. The van der Waals surface area contributed by atoms with E-state index in [2.05, 4.69) is 27.4 Å². The molecule has 2 aromatic carbocycles. The second-order valence-corrected chi connectivity index (χ2v) is 8.85. The van der Waals surface area contributed by atoms with Crippen molar-refractivity contribution in [2.24, 2.45) is 0 Å². The smallest absolute Gasteiger partial charge is 0.252 e. The second-order valence-electron chi connectivity index (χ2n) is 7.50. The number of rotatable bonds is 9. The summed E-state index contributed by atoms with van der Waals surface area (Å²) in [6.07, 6.45) is 1.72. The second kappa shape index (κ2) is 11.2. The molecule has 0 saturated heterocycles. The van der Waals surface area contributed by atoms with Gasteiger partial charge in [0, 0.05) is 22.8 Å². The van der Waals surface area contributed by atoms with Crippen molar-refractivity contribution in [2.45, 2.75) is 38.5 Å². The summed E-state index contributed by atoms with van der Waals surface area (Å²) >= 11 is 7.39. The predicted octanol–water partition coefficient (Wildman–Crippen LogP) is 4.96. The zero-order valence-electron chi connectivity index (χ0n) is 18.8. The van der Waals surface area contributed by atoms with E-state index in [1.807, 2.05) is 43.5 Å². The van der Waals surface area contributed by atoms with Crippen LogP contribution < -0.4 is 10.6 Å². The van der Waals surface area contributed by atoms with Crippen LogP contribution in [0.1, 0.15) is 40.3 Å². The molecule has 1 aromatic heterocycles. The molecule has 2 N–H and O–H groups in total. The number of nitrogens with one attached hydrogen (secondary N) is 2. The highest BCUT2D eigenvalue weighted by molar-refractivity contribution is 7.99. The van der Waals surface area contributed by atoms with Crippen molar-refractivity contribution in [3.8, 4) is 0 Å². The Morgan fingerprint density at radius 2 is 1.94 bits per heavy atom. The number of carbonyl (C=O) groups excluding carboxylic acids is 2. The van der Waals surface area contributed by atoms with Gasteiger partial charge in [-0.3, -0.25) is 9.59 Å².